The van der Waals surface area contributed by atoms with Gasteiger partial charge in [0.1, 0.15) is 15.8 Å². The van der Waals surface area contributed by atoms with Crippen molar-refractivity contribution >= 4 is 48.7 Å². The van der Waals surface area contributed by atoms with Gasteiger partial charge in [0.15, 0.2) is 0 Å². The number of hydrogen-bond donors (Lipinski definition) is 0. The van der Waals surface area contributed by atoms with Gasteiger partial charge in [0.25, 0.3) is 0 Å². The Bertz CT molecular complexity index is 835. The minimum Gasteiger partial charge on any atom is -0.372 e. The van der Waals surface area contributed by atoms with Crippen molar-refractivity contribution in [3.8, 4) is 6.07 Å². The molecule has 0 amide bonds. The summed E-state index contributed by atoms with van der Waals surface area (Å²) in [5, 5.41) is 17.9. The van der Waals surface area contributed by atoms with Crippen LogP contribution in [0.15, 0.2) is 40.6 Å². The van der Waals surface area contributed by atoms with Gasteiger partial charge in [0, 0.05) is 18.8 Å². The lowest BCUT2D eigenvalue weighted by molar-refractivity contribution is 0.866. The number of benzene rings is 1. The highest BCUT2D eigenvalue weighted by molar-refractivity contribution is 7.29. The average molecular weight is 341 g/mol. The predicted octanol–water partition coefficient (Wildman–Crippen LogP) is 5.49. The van der Waals surface area contributed by atoms with Crippen molar-refractivity contribution in [1.82, 2.24) is 4.98 Å². The molecule has 0 radical (unpaired) electrons. The molecule has 2 aromatic heterocycles. The smallest absolute Gasteiger partial charge is 0.231 e. The van der Waals surface area contributed by atoms with Gasteiger partial charge in [-0.1, -0.05) is 11.3 Å². The van der Waals surface area contributed by atoms with Crippen LogP contribution in [0.25, 0.3) is 9.53 Å². The van der Waals surface area contributed by atoms with E-state index >= 15 is 0 Å². The second-order valence-electron chi connectivity index (χ2n) is 4.78. The van der Waals surface area contributed by atoms with E-state index < -0.39 is 0 Å². The molecule has 5 nitrogen and oxygen atoms in total. The number of nitriles is 1. The summed E-state index contributed by atoms with van der Waals surface area (Å²) in [5.41, 5.74) is 1.99. The van der Waals surface area contributed by atoms with Crippen LogP contribution in [-0.4, -0.2) is 18.1 Å². The Labute approximate surface area is 142 Å². The molecule has 0 N–H and O–H groups in total. The molecule has 0 aliphatic carbocycles. The van der Waals surface area contributed by atoms with Crippen molar-refractivity contribution < 1.29 is 0 Å². The number of aromatic nitrogens is 1. The summed E-state index contributed by atoms with van der Waals surface area (Å²) in [6.07, 6.45) is 0. The summed E-state index contributed by atoms with van der Waals surface area (Å²) in [6, 6.07) is 12.0. The molecule has 0 bridgehead atoms. The van der Waals surface area contributed by atoms with Gasteiger partial charge in [0.05, 0.1) is 10.4 Å². The molecule has 0 unspecified atom stereocenters. The van der Waals surface area contributed by atoms with E-state index in [-0.39, 0.29) is 0 Å². The maximum Gasteiger partial charge on any atom is 0.231 e. The molecule has 116 valence electrons. The molecule has 0 aliphatic rings. The van der Waals surface area contributed by atoms with E-state index in [0.29, 0.717) is 10.0 Å². The zero-order valence-electron chi connectivity index (χ0n) is 12.9. The molecule has 1 aromatic carbocycles. The van der Waals surface area contributed by atoms with Crippen molar-refractivity contribution in [2.24, 2.45) is 10.2 Å². The molecule has 23 heavy (non-hydrogen) atoms. The molecule has 7 heteroatoms. The number of rotatable bonds is 5. The molecule has 0 saturated heterocycles. The van der Waals surface area contributed by atoms with Gasteiger partial charge >= 0.3 is 0 Å². The van der Waals surface area contributed by atoms with Crippen LogP contribution in [0.2, 0.25) is 0 Å². The second kappa shape index (κ2) is 6.86. The summed E-state index contributed by atoms with van der Waals surface area (Å²) in [6.45, 7) is 6.25. The quantitative estimate of drug-likeness (QED) is 0.576. The fourth-order valence-corrected chi connectivity index (χ4v) is 4.07. The zero-order chi connectivity index (χ0) is 16.2. The predicted molar refractivity (Wildman–Crippen MR) is 96.4 cm³/mol. The first kappa shape index (κ1) is 15.6. The second-order valence-corrected chi connectivity index (χ2v) is 6.82. The van der Waals surface area contributed by atoms with Crippen LogP contribution in [0.1, 0.15) is 18.7 Å². The van der Waals surface area contributed by atoms with E-state index in [9.17, 15) is 0 Å². The Kier molecular flexibility index (Phi) is 4.65. The van der Waals surface area contributed by atoms with Crippen LogP contribution in [0, 0.1) is 11.3 Å². The van der Waals surface area contributed by atoms with Crippen LogP contribution in [0.5, 0.6) is 0 Å². The Hall–Kier alpha value is -2.30. The third-order valence-corrected chi connectivity index (χ3v) is 5.37. The normalized spacial score (nSPS) is 11.2. The number of azo groups is 1. The minimum atomic E-state index is 0.614. The first-order valence-corrected chi connectivity index (χ1v) is 8.94. The molecule has 2 heterocycles. The van der Waals surface area contributed by atoms with E-state index in [0.717, 1.165) is 28.3 Å². The highest BCUT2D eigenvalue weighted by Gasteiger charge is 2.08. The average Bonchev–Trinajstić information content (AvgIpc) is 3.13. The summed E-state index contributed by atoms with van der Waals surface area (Å²) < 4.78 is 0.984. The molecule has 0 saturated carbocycles. The van der Waals surface area contributed by atoms with Crippen molar-refractivity contribution in [3.63, 3.8) is 0 Å². The summed E-state index contributed by atoms with van der Waals surface area (Å²) in [4.78, 5) is 8.19. The summed E-state index contributed by atoms with van der Waals surface area (Å²) in [7, 11) is 0. The SMILES string of the molecule is CCN(CC)c1ccc(N=Nc2nc3sc(C#N)cc3s2)cc1. The van der Waals surface area contributed by atoms with Gasteiger partial charge in [-0.05, 0) is 44.2 Å². The summed E-state index contributed by atoms with van der Waals surface area (Å²) >= 11 is 2.83. The van der Waals surface area contributed by atoms with E-state index in [4.69, 9.17) is 5.26 Å². The van der Waals surface area contributed by atoms with Crippen molar-refractivity contribution in [1.29, 1.82) is 5.26 Å². The number of thiophene rings is 1. The highest BCUT2D eigenvalue weighted by Crippen LogP contribution is 2.34. The number of hydrogen-bond acceptors (Lipinski definition) is 7. The van der Waals surface area contributed by atoms with Crippen molar-refractivity contribution in [3.05, 3.63) is 35.2 Å². The van der Waals surface area contributed by atoms with Crippen LogP contribution in [0.4, 0.5) is 16.5 Å². The fourth-order valence-electron chi connectivity index (χ4n) is 2.24. The van der Waals surface area contributed by atoms with Crippen LogP contribution >= 0.6 is 22.7 Å². The number of fused-ring (bicyclic) bond motifs is 1. The maximum absolute atomic E-state index is 8.87. The van der Waals surface area contributed by atoms with E-state index in [1.807, 2.05) is 18.2 Å². The van der Waals surface area contributed by atoms with Crippen LogP contribution < -0.4 is 4.90 Å². The van der Waals surface area contributed by atoms with Gasteiger partial charge in [-0.15, -0.1) is 21.6 Å². The number of thiazole rings is 1. The van der Waals surface area contributed by atoms with Gasteiger partial charge in [-0.2, -0.15) is 5.26 Å². The summed E-state index contributed by atoms with van der Waals surface area (Å²) in [5.74, 6) is 0. The van der Waals surface area contributed by atoms with Gasteiger partial charge in [-0.3, -0.25) is 0 Å². The molecular formula is C16H15N5S2. The van der Waals surface area contributed by atoms with Gasteiger partial charge in [-0.25, -0.2) is 4.98 Å². The monoisotopic (exact) mass is 341 g/mol. The lowest BCUT2D eigenvalue weighted by Crippen LogP contribution is -2.21. The maximum atomic E-state index is 8.87. The molecular weight excluding hydrogens is 326 g/mol. The standard InChI is InChI=1S/C16H15N5S2/c1-3-21(4-2)12-7-5-11(6-8-12)19-20-16-18-15-14(23-16)9-13(10-17)22-15/h5-9H,3-4H2,1-2H3. The first-order chi connectivity index (χ1) is 11.2. The van der Waals surface area contributed by atoms with Crippen LogP contribution in [-0.2, 0) is 0 Å². The molecule has 0 atom stereocenters. The molecule has 0 fully saturated rings. The van der Waals surface area contributed by atoms with E-state index in [1.165, 1.54) is 28.4 Å². The van der Waals surface area contributed by atoms with E-state index in [1.54, 1.807) is 0 Å². The lowest BCUT2D eigenvalue weighted by Gasteiger charge is -2.20. The van der Waals surface area contributed by atoms with Gasteiger partial charge in [0.2, 0.25) is 5.13 Å². The molecule has 3 aromatic rings. The third kappa shape index (κ3) is 3.38. The largest absolute Gasteiger partial charge is 0.372 e. The lowest BCUT2D eigenvalue weighted by atomic mass is 10.2. The van der Waals surface area contributed by atoms with Crippen molar-refractivity contribution in [2.45, 2.75) is 13.8 Å². The Balaban J connectivity index is 1.75. The van der Waals surface area contributed by atoms with Crippen molar-refractivity contribution in [2.75, 3.05) is 18.0 Å². The highest BCUT2D eigenvalue weighted by atomic mass is 32.1. The van der Waals surface area contributed by atoms with Gasteiger partial charge < -0.3 is 4.90 Å². The molecule has 0 spiro atoms. The zero-order valence-corrected chi connectivity index (χ0v) is 14.5. The molecule has 3 rings (SSSR count). The third-order valence-electron chi connectivity index (χ3n) is 3.42. The fraction of sp³-hybridized carbons (Fsp3) is 0.250. The first-order valence-electron chi connectivity index (χ1n) is 7.30. The van der Waals surface area contributed by atoms with Crippen LogP contribution in [0.3, 0.4) is 0 Å². The minimum absolute atomic E-state index is 0.614. The molecule has 0 aliphatic heterocycles. The Morgan fingerprint density at radius 2 is 1.87 bits per heavy atom. The number of anilines is 1. The van der Waals surface area contributed by atoms with E-state index in [2.05, 4.69) is 52.2 Å². The number of nitrogens with zero attached hydrogens (tertiary/aromatic N) is 5. The Morgan fingerprint density at radius 3 is 2.48 bits per heavy atom. The topological polar surface area (TPSA) is 64.6 Å². The Morgan fingerprint density at radius 1 is 1.13 bits per heavy atom.